The number of carbonyl (C=O) groups excluding carboxylic acids is 1. The van der Waals surface area contributed by atoms with Crippen molar-refractivity contribution in [2.75, 3.05) is 6.54 Å². The van der Waals surface area contributed by atoms with Crippen molar-refractivity contribution < 1.29 is 9.72 Å². The van der Waals surface area contributed by atoms with Crippen LogP contribution in [0, 0.1) is 16.0 Å². The molecule has 0 saturated carbocycles. The standard InChI is InChI=1S/C13H17NO3/c1-10(2)8-13(15)12(9-14(16)17)11-6-4-3-5-7-11/h3-7,10,12H,8-9H2,1-2H3/t12-/m0/s1. The Hall–Kier alpha value is -1.71. The predicted molar refractivity (Wildman–Crippen MR) is 65.5 cm³/mol. The molecule has 1 rings (SSSR count). The lowest BCUT2D eigenvalue weighted by atomic mass is 9.90. The van der Waals surface area contributed by atoms with Gasteiger partial charge in [-0.05, 0) is 11.5 Å². The summed E-state index contributed by atoms with van der Waals surface area (Å²) in [5, 5.41) is 10.6. The van der Waals surface area contributed by atoms with Gasteiger partial charge in [-0.1, -0.05) is 44.2 Å². The van der Waals surface area contributed by atoms with Gasteiger partial charge in [-0.3, -0.25) is 14.9 Å². The van der Waals surface area contributed by atoms with Crippen molar-refractivity contribution in [3.63, 3.8) is 0 Å². The molecule has 0 aromatic heterocycles. The summed E-state index contributed by atoms with van der Waals surface area (Å²) in [6, 6.07) is 8.97. The third-order valence-corrected chi connectivity index (χ3v) is 2.53. The first-order valence-corrected chi connectivity index (χ1v) is 5.70. The summed E-state index contributed by atoms with van der Waals surface area (Å²) in [7, 11) is 0. The fourth-order valence-electron chi connectivity index (χ4n) is 1.77. The Balaban J connectivity index is 2.88. The average Bonchev–Trinajstić information content (AvgIpc) is 2.25. The van der Waals surface area contributed by atoms with E-state index in [0.29, 0.717) is 6.42 Å². The maximum Gasteiger partial charge on any atom is 0.217 e. The molecule has 0 heterocycles. The van der Waals surface area contributed by atoms with E-state index in [1.54, 1.807) is 24.3 Å². The van der Waals surface area contributed by atoms with Gasteiger partial charge in [0.25, 0.3) is 0 Å². The first-order valence-electron chi connectivity index (χ1n) is 5.70. The van der Waals surface area contributed by atoms with Gasteiger partial charge in [0, 0.05) is 11.3 Å². The number of nitrogens with zero attached hydrogens (tertiary/aromatic N) is 1. The van der Waals surface area contributed by atoms with Crippen LogP contribution >= 0.6 is 0 Å². The zero-order valence-corrected chi connectivity index (χ0v) is 10.1. The molecule has 4 nitrogen and oxygen atoms in total. The first kappa shape index (κ1) is 13.4. The van der Waals surface area contributed by atoms with E-state index >= 15 is 0 Å². The number of benzene rings is 1. The van der Waals surface area contributed by atoms with Crippen molar-refractivity contribution in [3.8, 4) is 0 Å². The van der Waals surface area contributed by atoms with Crippen LogP contribution in [0.15, 0.2) is 30.3 Å². The van der Waals surface area contributed by atoms with Crippen LogP contribution in [0.1, 0.15) is 31.7 Å². The lowest BCUT2D eigenvalue weighted by Crippen LogP contribution is -2.22. The summed E-state index contributed by atoms with van der Waals surface area (Å²) in [6.45, 7) is 3.55. The van der Waals surface area contributed by atoms with Gasteiger partial charge in [-0.2, -0.15) is 0 Å². The molecule has 0 bridgehead atoms. The zero-order valence-electron chi connectivity index (χ0n) is 10.1. The van der Waals surface area contributed by atoms with Gasteiger partial charge >= 0.3 is 0 Å². The Morgan fingerprint density at radius 2 is 1.88 bits per heavy atom. The molecule has 0 unspecified atom stereocenters. The Labute approximate surface area is 101 Å². The molecule has 0 aliphatic heterocycles. The van der Waals surface area contributed by atoms with Crippen LogP contribution in [0.4, 0.5) is 0 Å². The van der Waals surface area contributed by atoms with Crippen molar-refractivity contribution in [2.45, 2.75) is 26.2 Å². The lowest BCUT2D eigenvalue weighted by Gasteiger charge is -2.13. The van der Waals surface area contributed by atoms with E-state index in [1.807, 2.05) is 19.9 Å². The van der Waals surface area contributed by atoms with Gasteiger partial charge in [0.1, 0.15) is 11.7 Å². The fourth-order valence-corrected chi connectivity index (χ4v) is 1.77. The maximum atomic E-state index is 12.0. The second-order valence-corrected chi connectivity index (χ2v) is 4.54. The molecule has 92 valence electrons. The number of hydrogen-bond acceptors (Lipinski definition) is 3. The molecular formula is C13H17NO3. The van der Waals surface area contributed by atoms with Gasteiger partial charge in [0.05, 0.1) is 0 Å². The summed E-state index contributed by atoms with van der Waals surface area (Å²) in [5.74, 6) is -0.447. The van der Waals surface area contributed by atoms with Gasteiger partial charge < -0.3 is 0 Å². The van der Waals surface area contributed by atoms with E-state index in [-0.39, 0.29) is 18.2 Å². The molecule has 0 N–H and O–H groups in total. The van der Waals surface area contributed by atoms with Crippen LogP contribution in [0.3, 0.4) is 0 Å². The molecule has 0 radical (unpaired) electrons. The molecule has 0 saturated heterocycles. The highest BCUT2D eigenvalue weighted by Gasteiger charge is 2.25. The Kier molecular flexibility index (Phi) is 4.82. The van der Waals surface area contributed by atoms with E-state index in [4.69, 9.17) is 0 Å². The van der Waals surface area contributed by atoms with Gasteiger partial charge in [0.15, 0.2) is 0 Å². The minimum atomic E-state index is -0.617. The van der Waals surface area contributed by atoms with Crippen molar-refractivity contribution in [1.29, 1.82) is 0 Å². The number of Topliss-reactive ketones (excluding diaryl/α,β-unsaturated/α-hetero) is 1. The largest absolute Gasteiger partial charge is 0.299 e. The lowest BCUT2D eigenvalue weighted by molar-refractivity contribution is -0.481. The second-order valence-electron chi connectivity index (χ2n) is 4.54. The summed E-state index contributed by atoms with van der Waals surface area (Å²) in [5.41, 5.74) is 0.731. The molecule has 0 amide bonds. The molecule has 4 heteroatoms. The average molecular weight is 235 g/mol. The smallest absolute Gasteiger partial charge is 0.217 e. The number of hydrogen-bond donors (Lipinski definition) is 0. The predicted octanol–water partition coefficient (Wildman–Crippen LogP) is 2.66. The summed E-state index contributed by atoms with van der Waals surface area (Å²) < 4.78 is 0. The molecule has 1 aromatic carbocycles. The molecule has 1 aromatic rings. The molecule has 0 aliphatic rings. The van der Waals surface area contributed by atoms with Crippen LogP contribution in [0.25, 0.3) is 0 Å². The third kappa shape index (κ3) is 4.34. The highest BCUT2D eigenvalue weighted by atomic mass is 16.6. The summed E-state index contributed by atoms with van der Waals surface area (Å²) in [4.78, 5) is 22.2. The zero-order chi connectivity index (χ0) is 12.8. The van der Waals surface area contributed by atoms with Crippen molar-refractivity contribution in [3.05, 3.63) is 46.0 Å². The molecule has 0 spiro atoms. The van der Waals surface area contributed by atoms with E-state index in [2.05, 4.69) is 0 Å². The second kappa shape index (κ2) is 6.13. The molecular weight excluding hydrogens is 218 g/mol. The number of carbonyl (C=O) groups is 1. The minimum absolute atomic E-state index is 0.0529. The molecule has 17 heavy (non-hydrogen) atoms. The normalized spacial score (nSPS) is 12.4. The van der Waals surface area contributed by atoms with E-state index in [9.17, 15) is 14.9 Å². The van der Waals surface area contributed by atoms with Crippen LogP contribution in [-0.2, 0) is 4.79 Å². The number of nitro groups is 1. The Morgan fingerprint density at radius 3 is 2.35 bits per heavy atom. The van der Waals surface area contributed by atoms with Crippen LogP contribution in [0.5, 0.6) is 0 Å². The van der Waals surface area contributed by atoms with Crippen molar-refractivity contribution >= 4 is 5.78 Å². The summed E-state index contributed by atoms with van der Waals surface area (Å²) in [6.07, 6.45) is 0.382. The SMILES string of the molecule is CC(C)CC(=O)[C@@H](C[N+](=O)[O-])c1ccccc1. The van der Waals surface area contributed by atoms with Crippen molar-refractivity contribution in [1.82, 2.24) is 0 Å². The molecule has 0 fully saturated rings. The van der Waals surface area contributed by atoms with Crippen LogP contribution in [0.2, 0.25) is 0 Å². The topological polar surface area (TPSA) is 60.2 Å². The van der Waals surface area contributed by atoms with E-state index in [0.717, 1.165) is 5.56 Å². The van der Waals surface area contributed by atoms with Crippen LogP contribution < -0.4 is 0 Å². The number of ketones is 1. The molecule has 0 aliphatic carbocycles. The van der Waals surface area contributed by atoms with Gasteiger partial charge in [0.2, 0.25) is 6.54 Å². The maximum absolute atomic E-state index is 12.0. The number of rotatable bonds is 6. The highest BCUT2D eigenvalue weighted by Crippen LogP contribution is 2.20. The summed E-state index contributed by atoms with van der Waals surface area (Å²) >= 11 is 0. The minimum Gasteiger partial charge on any atom is -0.299 e. The van der Waals surface area contributed by atoms with Crippen LogP contribution in [-0.4, -0.2) is 17.3 Å². The fraction of sp³-hybridized carbons (Fsp3) is 0.462. The van der Waals surface area contributed by atoms with E-state index < -0.39 is 10.8 Å². The van der Waals surface area contributed by atoms with Crippen molar-refractivity contribution in [2.24, 2.45) is 5.92 Å². The molecule has 1 atom stereocenters. The Morgan fingerprint density at radius 1 is 1.29 bits per heavy atom. The van der Waals surface area contributed by atoms with Gasteiger partial charge in [-0.15, -0.1) is 0 Å². The third-order valence-electron chi connectivity index (χ3n) is 2.53. The first-order chi connectivity index (χ1) is 8.00. The monoisotopic (exact) mass is 235 g/mol. The Bertz CT molecular complexity index is 387. The van der Waals surface area contributed by atoms with E-state index in [1.165, 1.54) is 0 Å². The highest BCUT2D eigenvalue weighted by molar-refractivity contribution is 5.86. The quantitative estimate of drug-likeness (QED) is 0.562. The van der Waals surface area contributed by atoms with Gasteiger partial charge in [-0.25, -0.2) is 0 Å².